The summed E-state index contributed by atoms with van der Waals surface area (Å²) >= 11 is 5.78. The van der Waals surface area contributed by atoms with Crippen molar-refractivity contribution in [3.05, 3.63) is 22.8 Å². The van der Waals surface area contributed by atoms with Gasteiger partial charge >= 0.3 is 6.61 Å². The van der Waals surface area contributed by atoms with Crippen molar-refractivity contribution in [3.8, 4) is 0 Å². The standard InChI is InChI=1S/C10H12ClF2NO2/c1-3-6-5-14-9(11)8(15-2)4-7(6)16-10(12)13/h4-6,10H,3H2,1-2H3. The van der Waals surface area contributed by atoms with Crippen molar-refractivity contribution in [2.75, 3.05) is 7.11 Å². The summed E-state index contributed by atoms with van der Waals surface area (Å²) < 4.78 is 33.7. The molecule has 3 nitrogen and oxygen atoms in total. The first-order valence-corrected chi connectivity index (χ1v) is 5.10. The van der Waals surface area contributed by atoms with Crippen molar-refractivity contribution >= 4 is 17.8 Å². The molecule has 1 atom stereocenters. The molecule has 1 heterocycles. The van der Waals surface area contributed by atoms with Crippen molar-refractivity contribution < 1.29 is 18.3 Å². The van der Waals surface area contributed by atoms with Gasteiger partial charge in [0.1, 0.15) is 5.76 Å². The number of rotatable bonds is 4. The van der Waals surface area contributed by atoms with E-state index in [4.69, 9.17) is 16.3 Å². The molecular weight excluding hydrogens is 240 g/mol. The molecular formula is C10H12ClF2NO2. The van der Waals surface area contributed by atoms with Crippen LogP contribution in [0.5, 0.6) is 0 Å². The Kier molecular flexibility index (Phi) is 4.73. The van der Waals surface area contributed by atoms with E-state index in [1.165, 1.54) is 19.4 Å². The quantitative estimate of drug-likeness (QED) is 0.718. The summed E-state index contributed by atoms with van der Waals surface area (Å²) in [6.07, 6.45) is 3.40. The van der Waals surface area contributed by atoms with Crippen LogP contribution in [0.1, 0.15) is 13.3 Å². The van der Waals surface area contributed by atoms with Gasteiger partial charge in [0.15, 0.2) is 10.9 Å². The van der Waals surface area contributed by atoms with E-state index in [1.54, 1.807) is 0 Å². The summed E-state index contributed by atoms with van der Waals surface area (Å²) in [6.45, 7) is -1.03. The van der Waals surface area contributed by atoms with Gasteiger partial charge in [0.25, 0.3) is 0 Å². The van der Waals surface area contributed by atoms with Crippen LogP contribution in [-0.2, 0) is 9.47 Å². The summed E-state index contributed by atoms with van der Waals surface area (Å²) in [6, 6.07) is 0. The first-order valence-electron chi connectivity index (χ1n) is 4.72. The Bertz CT molecular complexity index is 340. The number of halogens is 3. The highest BCUT2D eigenvalue weighted by atomic mass is 35.5. The summed E-state index contributed by atoms with van der Waals surface area (Å²) in [5.41, 5.74) is 0. The molecule has 0 N–H and O–H groups in total. The SMILES string of the molecule is CCC1C=NC(Cl)=C(OC)C=C1OC(F)F. The molecule has 0 aliphatic carbocycles. The molecule has 90 valence electrons. The van der Waals surface area contributed by atoms with Crippen molar-refractivity contribution in [2.24, 2.45) is 10.9 Å². The molecule has 0 aromatic carbocycles. The van der Waals surface area contributed by atoms with E-state index >= 15 is 0 Å². The Labute approximate surface area is 97.4 Å². The summed E-state index contributed by atoms with van der Waals surface area (Å²) in [4.78, 5) is 3.90. The van der Waals surface area contributed by atoms with Gasteiger partial charge in [-0.3, -0.25) is 0 Å². The van der Waals surface area contributed by atoms with Gasteiger partial charge in [-0.15, -0.1) is 0 Å². The Morgan fingerprint density at radius 3 is 2.75 bits per heavy atom. The van der Waals surface area contributed by atoms with E-state index in [0.717, 1.165) is 0 Å². The largest absolute Gasteiger partial charge is 0.493 e. The highest BCUT2D eigenvalue weighted by molar-refractivity contribution is 6.30. The summed E-state index contributed by atoms with van der Waals surface area (Å²) in [5.74, 6) is -0.00586. The molecule has 1 unspecified atom stereocenters. The molecule has 0 aromatic rings. The van der Waals surface area contributed by atoms with Crippen molar-refractivity contribution in [1.29, 1.82) is 0 Å². The molecule has 0 spiro atoms. The molecule has 0 aromatic heterocycles. The van der Waals surface area contributed by atoms with Crippen LogP contribution in [0.25, 0.3) is 0 Å². The molecule has 0 saturated heterocycles. The fraction of sp³-hybridized carbons (Fsp3) is 0.500. The predicted molar refractivity (Wildman–Crippen MR) is 57.3 cm³/mol. The van der Waals surface area contributed by atoms with E-state index in [0.29, 0.717) is 6.42 Å². The predicted octanol–water partition coefficient (Wildman–Crippen LogP) is 3.27. The molecule has 1 aliphatic heterocycles. The highest BCUT2D eigenvalue weighted by Crippen LogP contribution is 2.26. The lowest BCUT2D eigenvalue weighted by Crippen LogP contribution is -2.10. The molecule has 0 bridgehead atoms. The third-order valence-electron chi connectivity index (χ3n) is 2.09. The molecule has 1 rings (SSSR count). The van der Waals surface area contributed by atoms with Gasteiger partial charge < -0.3 is 9.47 Å². The van der Waals surface area contributed by atoms with Gasteiger partial charge in [0.05, 0.1) is 13.0 Å². The van der Waals surface area contributed by atoms with Crippen molar-refractivity contribution in [3.63, 3.8) is 0 Å². The van der Waals surface area contributed by atoms with Gasteiger partial charge in [-0.25, -0.2) is 4.99 Å². The van der Waals surface area contributed by atoms with Crippen LogP contribution >= 0.6 is 11.6 Å². The van der Waals surface area contributed by atoms with Gasteiger partial charge in [0.2, 0.25) is 0 Å². The number of methoxy groups -OCH3 is 1. The van der Waals surface area contributed by atoms with Gasteiger partial charge in [-0.2, -0.15) is 8.78 Å². The number of ether oxygens (including phenoxy) is 2. The molecule has 0 fully saturated rings. The average molecular weight is 252 g/mol. The number of nitrogens with zero attached hydrogens (tertiary/aromatic N) is 1. The second-order valence-corrected chi connectivity index (χ2v) is 3.44. The van der Waals surface area contributed by atoms with Crippen molar-refractivity contribution in [1.82, 2.24) is 0 Å². The maximum Gasteiger partial charge on any atom is 0.387 e. The van der Waals surface area contributed by atoms with Crippen LogP contribution in [0.2, 0.25) is 0 Å². The van der Waals surface area contributed by atoms with E-state index in [1.807, 2.05) is 6.92 Å². The van der Waals surface area contributed by atoms with Crippen LogP contribution in [0.4, 0.5) is 8.78 Å². The highest BCUT2D eigenvalue weighted by Gasteiger charge is 2.20. The average Bonchev–Trinajstić information content (AvgIpc) is 2.38. The molecule has 0 saturated carbocycles. The minimum atomic E-state index is -2.87. The third-order valence-corrected chi connectivity index (χ3v) is 2.38. The first-order chi connectivity index (χ1) is 7.58. The van der Waals surface area contributed by atoms with E-state index in [2.05, 4.69) is 9.73 Å². The Morgan fingerprint density at radius 1 is 1.56 bits per heavy atom. The number of allylic oxidation sites excluding steroid dienone is 2. The van der Waals surface area contributed by atoms with Crippen LogP contribution in [0, 0.1) is 5.92 Å². The number of alkyl halides is 2. The number of aliphatic imine (C=N–C) groups is 1. The lowest BCUT2D eigenvalue weighted by atomic mass is 10.1. The van der Waals surface area contributed by atoms with Gasteiger partial charge in [-0.1, -0.05) is 18.5 Å². The lowest BCUT2D eigenvalue weighted by Gasteiger charge is -2.14. The Balaban J connectivity index is 3.02. The minimum absolute atomic E-state index is 0.105. The normalized spacial score (nSPS) is 20.9. The van der Waals surface area contributed by atoms with Gasteiger partial charge in [0, 0.05) is 12.3 Å². The zero-order valence-electron chi connectivity index (χ0n) is 8.91. The maximum atomic E-state index is 12.2. The third kappa shape index (κ3) is 3.20. The first kappa shape index (κ1) is 13.0. The van der Waals surface area contributed by atoms with Crippen LogP contribution in [0.3, 0.4) is 0 Å². The Morgan fingerprint density at radius 2 is 2.25 bits per heavy atom. The minimum Gasteiger partial charge on any atom is -0.493 e. The molecule has 16 heavy (non-hydrogen) atoms. The zero-order valence-corrected chi connectivity index (χ0v) is 9.67. The van der Waals surface area contributed by atoms with E-state index < -0.39 is 6.61 Å². The number of hydrogen-bond donors (Lipinski definition) is 0. The van der Waals surface area contributed by atoms with Crippen LogP contribution in [-0.4, -0.2) is 19.9 Å². The molecule has 1 aliphatic rings. The topological polar surface area (TPSA) is 30.8 Å². The molecule has 0 amide bonds. The smallest absolute Gasteiger partial charge is 0.387 e. The molecule has 6 heteroatoms. The fourth-order valence-electron chi connectivity index (χ4n) is 1.26. The Hall–Kier alpha value is -1.10. The summed E-state index contributed by atoms with van der Waals surface area (Å²) in [7, 11) is 1.38. The van der Waals surface area contributed by atoms with Gasteiger partial charge in [-0.05, 0) is 6.42 Å². The van der Waals surface area contributed by atoms with Crippen LogP contribution in [0.15, 0.2) is 27.7 Å². The second kappa shape index (κ2) is 5.84. The summed E-state index contributed by atoms with van der Waals surface area (Å²) in [5, 5.41) is 0.119. The monoisotopic (exact) mass is 251 g/mol. The van der Waals surface area contributed by atoms with Crippen LogP contribution < -0.4 is 0 Å². The fourth-order valence-corrected chi connectivity index (χ4v) is 1.45. The van der Waals surface area contributed by atoms with Crippen molar-refractivity contribution in [2.45, 2.75) is 20.0 Å². The zero-order chi connectivity index (χ0) is 12.1. The lowest BCUT2D eigenvalue weighted by molar-refractivity contribution is -0.101. The van der Waals surface area contributed by atoms with E-state index in [9.17, 15) is 8.78 Å². The maximum absolute atomic E-state index is 12.2. The van der Waals surface area contributed by atoms with E-state index in [-0.39, 0.29) is 22.6 Å². The second-order valence-electron chi connectivity index (χ2n) is 3.08. The molecule has 0 radical (unpaired) electrons. The number of hydrogen-bond acceptors (Lipinski definition) is 3.